The molecule has 0 spiro atoms. The maximum absolute atomic E-state index is 13.8. The van der Waals surface area contributed by atoms with Crippen LogP contribution in [0.5, 0.6) is 5.75 Å². The van der Waals surface area contributed by atoms with Crippen LogP contribution in [0.4, 0.5) is 0 Å². The van der Waals surface area contributed by atoms with Gasteiger partial charge >= 0.3 is 5.97 Å². The zero-order valence-corrected chi connectivity index (χ0v) is 21.3. The zero-order chi connectivity index (χ0) is 25.0. The highest BCUT2D eigenvalue weighted by Gasteiger charge is 2.45. The van der Waals surface area contributed by atoms with Crippen LogP contribution in [0.1, 0.15) is 30.5 Å². The highest BCUT2D eigenvalue weighted by molar-refractivity contribution is 8.00. The summed E-state index contributed by atoms with van der Waals surface area (Å²) in [5, 5.41) is 9.78. The SMILES string of the molecule is CCOc1ccc([C@@H]2C[C@@H](Sc3ccccc3)[C@H](C(=O)O)CN2S(=O)(=O)c2ccc(C)cc2)cc1. The molecule has 0 amide bonds. The second-order valence-corrected chi connectivity index (χ2v) is 11.8. The molecule has 184 valence electrons. The van der Waals surface area contributed by atoms with Gasteiger partial charge in [-0.2, -0.15) is 4.31 Å². The van der Waals surface area contributed by atoms with E-state index in [9.17, 15) is 18.3 Å². The Labute approximate surface area is 211 Å². The van der Waals surface area contributed by atoms with E-state index < -0.39 is 28.0 Å². The Bertz CT molecular complexity index is 1240. The molecule has 0 radical (unpaired) electrons. The second kappa shape index (κ2) is 10.8. The number of carbonyl (C=O) groups is 1. The number of thioether (sulfide) groups is 1. The van der Waals surface area contributed by atoms with Gasteiger partial charge < -0.3 is 9.84 Å². The number of nitrogens with zero attached hydrogens (tertiary/aromatic N) is 1. The lowest BCUT2D eigenvalue weighted by atomic mass is 9.90. The number of hydrogen-bond acceptors (Lipinski definition) is 5. The summed E-state index contributed by atoms with van der Waals surface area (Å²) in [7, 11) is -3.93. The predicted molar refractivity (Wildman–Crippen MR) is 137 cm³/mol. The number of aryl methyl sites for hydroxylation is 1. The molecule has 1 saturated heterocycles. The molecule has 0 unspecified atom stereocenters. The summed E-state index contributed by atoms with van der Waals surface area (Å²) < 4.78 is 34.5. The third kappa shape index (κ3) is 5.72. The minimum Gasteiger partial charge on any atom is -0.494 e. The van der Waals surface area contributed by atoms with E-state index >= 15 is 0 Å². The summed E-state index contributed by atoms with van der Waals surface area (Å²) in [4.78, 5) is 13.4. The summed E-state index contributed by atoms with van der Waals surface area (Å²) in [6.07, 6.45) is 0.371. The molecule has 3 aromatic rings. The van der Waals surface area contributed by atoms with Gasteiger partial charge in [0.15, 0.2) is 0 Å². The fraction of sp³-hybridized carbons (Fsp3) is 0.296. The molecule has 1 aliphatic heterocycles. The highest BCUT2D eigenvalue weighted by atomic mass is 32.2. The third-order valence-corrected chi connectivity index (χ3v) is 9.44. The van der Waals surface area contributed by atoms with Crippen LogP contribution in [-0.2, 0) is 14.8 Å². The van der Waals surface area contributed by atoms with Gasteiger partial charge in [0.1, 0.15) is 5.75 Å². The molecule has 1 aliphatic rings. The standard InChI is InChI=1S/C27H29NO5S2/c1-3-33-21-13-11-20(12-14-21)25-17-26(34-22-7-5-4-6-8-22)24(27(29)30)18-28(25)35(31,32)23-15-9-19(2)10-16-23/h4-16,24-26H,3,17-18H2,1-2H3,(H,29,30)/t24-,25+,26-/m1/s1. The molecule has 1 N–H and O–H groups in total. The number of aliphatic carboxylic acids is 1. The summed E-state index contributed by atoms with van der Waals surface area (Å²) in [6.45, 7) is 4.23. The summed E-state index contributed by atoms with van der Waals surface area (Å²) in [5.41, 5.74) is 1.76. The fourth-order valence-electron chi connectivity index (χ4n) is 4.35. The van der Waals surface area contributed by atoms with E-state index in [0.717, 1.165) is 16.0 Å². The van der Waals surface area contributed by atoms with Gasteiger partial charge in [-0.1, -0.05) is 48.0 Å². The molecule has 0 saturated carbocycles. The van der Waals surface area contributed by atoms with Gasteiger partial charge in [0.05, 0.1) is 23.5 Å². The lowest BCUT2D eigenvalue weighted by molar-refractivity contribution is -0.143. The summed E-state index contributed by atoms with van der Waals surface area (Å²) >= 11 is 1.49. The van der Waals surface area contributed by atoms with Crippen LogP contribution in [0.2, 0.25) is 0 Å². The van der Waals surface area contributed by atoms with Crippen LogP contribution in [0.3, 0.4) is 0 Å². The lowest BCUT2D eigenvalue weighted by Gasteiger charge is -2.41. The lowest BCUT2D eigenvalue weighted by Crippen LogP contribution is -2.49. The monoisotopic (exact) mass is 511 g/mol. The van der Waals surface area contributed by atoms with Gasteiger partial charge in [0.25, 0.3) is 0 Å². The molecule has 1 heterocycles. The zero-order valence-electron chi connectivity index (χ0n) is 19.7. The first-order valence-electron chi connectivity index (χ1n) is 11.6. The van der Waals surface area contributed by atoms with E-state index in [1.807, 2.05) is 68.4 Å². The van der Waals surface area contributed by atoms with E-state index in [-0.39, 0.29) is 16.7 Å². The predicted octanol–water partition coefficient (Wildman–Crippen LogP) is 5.39. The molecule has 35 heavy (non-hydrogen) atoms. The molecule has 8 heteroatoms. The Morgan fingerprint density at radius 2 is 1.69 bits per heavy atom. The number of carboxylic acid groups (broad SMARTS) is 1. The fourth-order valence-corrected chi connectivity index (χ4v) is 7.31. The third-order valence-electron chi connectivity index (χ3n) is 6.18. The Balaban J connectivity index is 1.74. The minimum absolute atomic E-state index is 0.103. The Morgan fingerprint density at radius 1 is 1.03 bits per heavy atom. The van der Waals surface area contributed by atoms with Crippen molar-refractivity contribution in [2.45, 2.75) is 41.4 Å². The van der Waals surface area contributed by atoms with Gasteiger partial charge in [0.2, 0.25) is 10.0 Å². The minimum atomic E-state index is -3.93. The molecule has 0 aromatic heterocycles. The number of benzene rings is 3. The van der Waals surface area contributed by atoms with Crippen LogP contribution in [-0.4, -0.2) is 42.2 Å². The van der Waals surface area contributed by atoms with E-state index in [0.29, 0.717) is 18.8 Å². The molecule has 4 rings (SSSR count). The van der Waals surface area contributed by atoms with E-state index in [1.165, 1.54) is 16.1 Å². The molecule has 1 fully saturated rings. The van der Waals surface area contributed by atoms with Gasteiger partial charge in [-0.15, -0.1) is 11.8 Å². The van der Waals surface area contributed by atoms with E-state index in [2.05, 4.69) is 0 Å². The van der Waals surface area contributed by atoms with Crippen molar-refractivity contribution in [1.29, 1.82) is 0 Å². The van der Waals surface area contributed by atoms with Crippen LogP contribution in [0, 0.1) is 12.8 Å². The number of hydrogen-bond donors (Lipinski definition) is 1. The average molecular weight is 512 g/mol. The number of ether oxygens (including phenoxy) is 1. The van der Waals surface area contributed by atoms with E-state index in [4.69, 9.17) is 4.74 Å². The molecule has 0 bridgehead atoms. The number of rotatable bonds is 8. The Hall–Kier alpha value is -2.81. The molecule has 6 nitrogen and oxygen atoms in total. The van der Waals surface area contributed by atoms with Crippen molar-refractivity contribution < 1.29 is 23.1 Å². The van der Waals surface area contributed by atoms with Crippen molar-refractivity contribution >= 4 is 27.8 Å². The normalized spacial score (nSPS) is 20.9. The first kappa shape index (κ1) is 25.3. The number of sulfonamides is 1. The van der Waals surface area contributed by atoms with Crippen LogP contribution in [0.15, 0.2) is 88.7 Å². The Morgan fingerprint density at radius 3 is 2.29 bits per heavy atom. The second-order valence-electron chi connectivity index (χ2n) is 8.56. The topological polar surface area (TPSA) is 83.9 Å². The largest absolute Gasteiger partial charge is 0.494 e. The van der Waals surface area contributed by atoms with Gasteiger partial charge in [-0.05, 0) is 62.2 Å². The van der Waals surface area contributed by atoms with Gasteiger partial charge in [0, 0.05) is 16.7 Å². The molecule has 3 atom stereocenters. The van der Waals surface area contributed by atoms with Crippen molar-refractivity contribution in [2.24, 2.45) is 5.92 Å². The summed E-state index contributed by atoms with van der Waals surface area (Å²) in [6, 6.07) is 23.2. The van der Waals surface area contributed by atoms with Gasteiger partial charge in [-0.25, -0.2) is 8.42 Å². The van der Waals surface area contributed by atoms with Gasteiger partial charge in [-0.3, -0.25) is 4.79 Å². The Kier molecular flexibility index (Phi) is 7.84. The molecular weight excluding hydrogens is 482 g/mol. The van der Waals surface area contributed by atoms with Crippen LogP contribution in [0.25, 0.3) is 0 Å². The van der Waals surface area contributed by atoms with Crippen molar-refractivity contribution in [3.05, 3.63) is 90.0 Å². The van der Waals surface area contributed by atoms with E-state index in [1.54, 1.807) is 24.3 Å². The van der Waals surface area contributed by atoms with Crippen molar-refractivity contribution in [3.8, 4) is 5.75 Å². The molecule has 0 aliphatic carbocycles. The smallest absolute Gasteiger partial charge is 0.308 e. The number of carboxylic acids is 1. The maximum Gasteiger partial charge on any atom is 0.308 e. The summed E-state index contributed by atoms with van der Waals surface area (Å²) in [5.74, 6) is -1.13. The number of piperidine rings is 1. The molecule has 3 aromatic carbocycles. The molecular formula is C27H29NO5S2. The van der Waals surface area contributed by atoms with Crippen molar-refractivity contribution in [2.75, 3.05) is 13.2 Å². The van der Waals surface area contributed by atoms with Crippen molar-refractivity contribution in [3.63, 3.8) is 0 Å². The highest BCUT2D eigenvalue weighted by Crippen LogP contribution is 2.44. The average Bonchev–Trinajstić information content (AvgIpc) is 2.85. The van der Waals surface area contributed by atoms with Crippen LogP contribution >= 0.6 is 11.8 Å². The quantitative estimate of drug-likeness (QED) is 0.437. The first-order chi connectivity index (χ1) is 16.8. The maximum atomic E-state index is 13.8. The van der Waals surface area contributed by atoms with Crippen LogP contribution < -0.4 is 4.74 Å². The first-order valence-corrected chi connectivity index (χ1v) is 13.9. The van der Waals surface area contributed by atoms with Crippen molar-refractivity contribution in [1.82, 2.24) is 4.31 Å².